The fourth-order valence-corrected chi connectivity index (χ4v) is 4.45. The largest absolute Gasteiger partial charge is 0.272 e. The van der Waals surface area contributed by atoms with Crippen LogP contribution >= 0.6 is 43.2 Å². The summed E-state index contributed by atoms with van der Waals surface area (Å²) in [5.41, 5.74) is 5.92. The number of carbonyl (C=O) groups excluding carboxylic acids is 1. The smallest absolute Gasteiger partial charge is 0.267 e. The van der Waals surface area contributed by atoms with Crippen molar-refractivity contribution in [3.63, 3.8) is 0 Å². The van der Waals surface area contributed by atoms with Crippen LogP contribution in [0.25, 0.3) is 10.9 Å². The molecule has 1 aliphatic carbocycles. The molecule has 1 aliphatic rings. The lowest BCUT2D eigenvalue weighted by Crippen LogP contribution is -2.20. The van der Waals surface area contributed by atoms with Gasteiger partial charge in [-0.3, -0.25) is 9.78 Å². The predicted octanol–water partition coefficient (Wildman–Crippen LogP) is 5.85. The summed E-state index contributed by atoms with van der Waals surface area (Å²) in [6.45, 7) is 1.88. The number of halogens is 2. The fraction of sp³-hybridized carbons (Fsp3) is 0.211. The number of nitrogens with one attached hydrogen (secondary N) is 1. The van der Waals surface area contributed by atoms with Gasteiger partial charge in [0.25, 0.3) is 5.91 Å². The lowest BCUT2D eigenvalue weighted by molar-refractivity contribution is 0.0956. The maximum Gasteiger partial charge on any atom is 0.272 e. The van der Waals surface area contributed by atoms with Gasteiger partial charge in [-0.25, -0.2) is 5.43 Å². The second kappa shape index (κ2) is 7.21. The molecule has 1 aromatic carbocycles. The third-order valence-corrected chi connectivity index (χ3v) is 6.51. The quantitative estimate of drug-likeness (QED) is 0.366. The van der Waals surface area contributed by atoms with E-state index in [1.54, 1.807) is 11.3 Å². The van der Waals surface area contributed by atoms with Crippen LogP contribution in [0.5, 0.6) is 0 Å². The second-order valence-electron chi connectivity index (χ2n) is 6.27. The first kappa shape index (κ1) is 17.8. The number of hydrogen-bond acceptors (Lipinski definition) is 4. The Morgan fingerprint density at radius 2 is 2.04 bits per heavy atom. The molecule has 0 bridgehead atoms. The highest BCUT2D eigenvalue weighted by Crippen LogP contribution is 2.40. The standard InChI is InChI=1S/C19H15Br2N3OS/c1-10(17-6-7-18(21)26-17)23-24-19(25)14-9-16(11-2-3-11)22-15-5-4-12(20)8-13(14)15/h4-9,11H,2-3H2,1H3,(H,24,25)/b23-10-. The molecule has 0 radical (unpaired) electrons. The van der Waals surface area contributed by atoms with E-state index < -0.39 is 0 Å². The highest BCUT2D eigenvalue weighted by molar-refractivity contribution is 9.11. The number of fused-ring (bicyclic) bond motifs is 1. The summed E-state index contributed by atoms with van der Waals surface area (Å²) in [6, 6.07) is 11.7. The van der Waals surface area contributed by atoms with Crippen LogP contribution in [0.1, 0.15) is 46.6 Å². The summed E-state index contributed by atoms with van der Waals surface area (Å²) in [4.78, 5) is 18.6. The molecule has 1 amide bonds. The van der Waals surface area contributed by atoms with E-state index in [4.69, 9.17) is 4.98 Å². The fourth-order valence-electron chi connectivity index (χ4n) is 2.75. The number of hydrazone groups is 1. The van der Waals surface area contributed by atoms with E-state index in [0.717, 1.165) is 48.3 Å². The Kier molecular flexibility index (Phi) is 4.94. The topological polar surface area (TPSA) is 54.4 Å². The first-order chi connectivity index (χ1) is 12.5. The van der Waals surface area contributed by atoms with Crippen molar-refractivity contribution in [3.05, 3.63) is 60.8 Å². The monoisotopic (exact) mass is 491 g/mol. The number of rotatable bonds is 4. The van der Waals surface area contributed by atoms with Crippen molar-refractivity contribution in [2.45, 2.75) is 25.7 Å². The summed E-state index contributed by atoms with van der Waals surface area (Å²) < 4.78 is 1.95. The van der Waals surface area contributed by atoms with Crippen molar-refractivity contribution in [2.24, 2.45) is 5.10 Å². The van der Waals surface area contributed by atoms with Gasteiger partial charge in [0.2, 0.25) is 0 Å². The first-order valence-electron chi connectivity index (χ1n) is 8.22. The number of carbonyl (C=O) groups is 1. The average molecular weight is 493 g/mol. The third kappa shape index (κ3) is 3.75. The van der Waals surface area contributed by atoms with E-state index >= 15 is 0 Å². The molecule has 2 aromatic heterocycles. The molecule has 0 spiro atoms. The molecule has 3 aromatic rings. The molecule has 0 aliphatic heterocycles. The van der Waals surface area contributed by atoms with Crippen LogP contribution in [0.2, 0.25) is 0 Å². The summed E-state index contributed by atoms with van der Waals surface area (Å²) in [6.07, 6.45) is 2.28. The minimum absolute atomic E-state index is 0.215. The van der Waals surface area contributed by atoms with Crippen LogP contribution in [0.4, 0.5) is 0 Å². The van der Waals surface area contributed by atoms with Gasteiger partial charge >= 0.3 is 0 Å². The normalized spacial score (nSPS) is 14.7. The van der Waals surface area contributed by atoms with Gasteiger partial charge in [0.15, 0.2) is 0 Å². The van der Waals surface area contributed by atoms with Gasteiger partial charge in [-0.2, -0.15) is 5.10 Å². The van der Waals surface area contributed by atoms with Crippen LogP contribution in [0.3, 0.4) is 0 Å². The highest BCUT2D eigenvalue weighted by Gasteiger charge is 2.27. The third-order valence-electron chi connectivity index (χ3n) is 4.29. The van der Waals surface area contributed by atoms with Crippen molar-refractivity contribution in [1.29, 1.82) is 0 Å². The van der Waals surface area contributed by atoms with Gasteiger partial charge < -0.3 is 0 Å². The zero-order valence-corrected chi connectivity index (χ0v) is 17.9. The molecular weight excluding hydrogens is 478 g/mol. The Balaban J connectivity index is 1.68. The minimum atomic E-state index is -0.215. The van der Waals surface area contributed by atoms with Crippen molar-refractivity contribution >= 4 is 65.7 Å². The van der Waals surface area contributed by atoms with E-state index in [-0.39, 0.29) is 5.91 Å². The Labute approximate surface area is 172 Å². The van der Waals surface area contributed by atoms with E-state index in [9.17, 15) is 4.79 Å². The van der Waals surface area contributed by atoms with E-state index in [1.165, 1.54) is 0 Å². The van der Waals surface area contributed by atoms with Crippen molar-refractivity contribution in [2.75, 3.05) is 0 Å². The summed E-state index contributed by atoms with van der Waals surface area (Å²) in [5.74, 6) is 0.260. The van der Waals surface area contributed by atoms with Crippen LogP contribution in [-0.2, 0) is 0 Å². The Morgan fingerprint density at radius 3 is 2.73 bits per heavy atom. The lowest BCUT2D eigenvalue weighted by Gasteiger charge is -2.09. The van der Waals surface area contributed by atoms with Crippen molar-refractivity contribution in [3.8, 4) is 0 Å². The highest BCUT2D eigenvalue weighted by atomic mass is 79.9. The molecule has 0 atom stereocenters. The molecule has 1 fully saturated rings. The molecule has 132 valence electrons. The van der Waals surface area contributed by atoms with Crippen molar-refractivity contribution < 1.29 is 4.79 Å². The van der Waals surface area contributed by atoms with Gasteiger partial charge in [-0.15, -0.1) is 11.3 Å². The van der Waals surface area contributed by atoms with E-state index in [0.29, 0.717) is 11.5 Å². The van der Waals surface area contributed by atoms with Crippen LogP contribution in [0, 0.1) is 0 Å². The number of hydrogen-bond donors (Lipinski definition) is 1. The Morgan fingerprint density at radius 1 is 1.23 bits per heavy atom. The zero-order valence-electron chi connectivity index (χ0n) is 13.9. The summed E-state index contributed by atoms with van der Waals surface area (Å²) >= 11 is 8.50. The first-order valence-corrected chi connectivity index (χ1v) is 10.6. The summed E-state index contributed by atoms with van der Waals surface area (Å²) in [7, 11) is 0. The van der Waals surface area contributed by atoms with Gasteiger partial charge in [0, 0.05) is 21.5 Å². The number of pyridine rings is 1. The second-order valence-corrected chi connectivity index (χ2v) is 9.65. The molecule has 4 rings (SSSR count). The molecule has 26 heavy (non-hydrogen) atoms. The van der Waals surface area contributed by atoms with E-state index in [1.807, 2.05) is 43.3 Å². The number of nitrogens with zero attached hydrogens (tertiary/aromatic N) is 2. The van der Waals surface area contributed by atoms with E-state index in [2.05, 4.69) is 42.4 Å². The molecule has 0 saturated heterocycles. The Bertz CT molecular complexity index is 1040. The number of benzene rings is 1. The van der Waals surface area contributed by atoms with Crippen LogP contribution < -0.4 is 5.43 Å². The molecule has 1 N–H and O–H groups in total. The lowest BCUT2D eigenvalue weighted by atomic mass is 10.1. The predicted molar refractivity (Wildman–Crippen MR) is 113 cm³/mol. The summed E-state index contributed by atoms with van der Waals surface area (Å²) in [5, 5.41) is 5.10. The zero-order chi connectivity index (χ0) is 18.3. The van der Waals surface area contributed by atoms with Gasteiger partial charge in [0.05, 0.1) is 25.5 Å². The van der Waals surface area contributed by atoms with Crippen LogP contribution in [0.15, 0.2) is 49.8 Å². The maximum atomic E-state index is 12.8. The SMILES string of the molecule is C/C(=N/NC(=O)c1cc(C2CC2)nc2ccc(Br)cc12)c1ccc(Br)s1. The molecular formula is C19H15Br2N3OS. The minimum Gasteiger partial charge on any atom is -0.267 e. The average Bonchev–Trinajstić information content (AvgIpc) is 3.39. The van der Waals surface area contributed by atoms with Crippen LogP contribution in [-0.4, -0.2) is 16.6 Å². The molecule has 1 saturated carbocycles. The number of aromatic nitrogens is 1. The molecule has 2 heterocycles. The Hall–Kier alpha value is -1.57. The molecule has 4 nitrogen and oxygen atoms in total. The van der Waals surface area contributed by atoms with Gasteiger partial charge in [0.1, 0.15) is 0 Å². The van der Waals surface area contributed by atoms with Gasteiger partial charge in [-0.05, 0) is 72.1 Å². The number of amides is 1. The van der Waals surface area contributed by atoms with Crippen molar-refractivity contribution in [1.82, 2.24) is 10.4 Å². The molecule has 7 heteroatoms. The number of thiophene rings is 1. The van der Waals surface area contributed by atoms with Gasteiger partial charge in [-0.1, -0.05) is 15.9 Å². The molecule has 0 unspecified atom stereocenters. The maximum absolute atomic E-state index is 12.8.